The second-order valence-corrected chi connectivity index (χ2v) is 10.4. The van der Waals surface area contributed by atoms with Gasteiger partial charge in [-0.2, -0.15) is 0 Å². The van der Waals surface area contributed by atoms with E-state index in [9.17, 15) is 9.59 Å². The van der Waals surface area contributed by atoms with Crippen molar-refractivity contribution in [3.63, 3.8) is 0 Å². The molecule has 0 atom stereocenters. The van der Waals surface area contributed by atoms with E-state index < -0.39 is 0 Å². The van der Waals surface area contributed by atoms with E-state index >= 15 is 0 Å². The Kier molecular flexibility index (Phi) is 5.08. The summed E-state index contributed by atoms with van der Waals surface area (Å²) in [5.74, 6) is 2.76. The van der Waals surface area contributed by atoms with Gasteiger partial charge in [0.05, 0.1) is 0 Å². The Morgan fingerprint density at radius 3 is 2.45 bits per heavy atom. The van der Waals surface area contributed by atoms with Crippen LogP contribution in [0.2, 0.25) is 0 Å². The number of carbonyl (C=O) groups excluding carboxylic acids is 1. The van der Waals surface area contributed by atoms with Gasteiger partial charge in [0.2, 0.25) is 0 Å². The van der Waals surface area contributed by atoms with Crippen LogP contribution in [0, 0.1) is 23.7 Å². The lowest BCUT2D eigenvalue weighted by molar-refractivity contribution is -0.0119. The topological polar surface area (TPSA) is 65.2 Å². The molecular weight excluding hydrogens is 382 g/mol. The van der Waals surface area contributed by atoms with Gasteiger partial charge >= 0.3 is 0 Å². The first-order chi connectivity index (χ1) is 14.0. The van der Waals surface area contributed by atoms with Crippen LogP contribution in [0.1, 0.15) is 53.0 Å². The van der Waals surface area contributed by atoms with Gasteiger partial charge < -0.3 is 10.3 Å². The molecule has 6 heteroatoms. The van der Waals surface area contributed by atoms with Gasteiger partial charge in [-0.05, 0) is 86.4 Å². The largest absolute Gasteiger partial charge is 0.349 e. The van der Waals surface area contributed by atoms with Crippen molar-refractivity contribution in [1.82, 2.24) is 15.2 Å². The Morgan fingerprint density at radius 2 is 1.83 bits per heavy atom. The third-order valence-corrected chi connectivity index (χ3v) is 8.05. The molecule has 2 aromatic heterocycles. The predicted octanol–water partition coefficient (Wildman–Crippen LogP) is 3.62. The molecule has 2 N–H and O–H groups in total. The number of amides is 1. The maximum atomic E-state index is 12.9. The maximum Gasteiger partial charge on any atom is 0.261 e. The van der Waals surface area contributed by atoms with Crippen LogP contribution in [0.4, 0.5) is 0 Å². The summed E-state index contributed by atoms with van der Waals surface area (Å²) in [4.78, 5) is 31.8. The predicted molar refractivity (Wildman–Crippen MR) is 115 cm³/mol. The molecule has 4 bridgehead atoms. The van der Waals surface area contributed by atoms with Gasteiger partial charge in [0, 0.05) is 29.7 Å². The summed E-state index contributed by atoms with van der Waals surface area (Å²) in [5.41, 5.74) is 0.789. The second kappa shape index (κ2) is 7.73. The lowest BCUT2D eigenvalue weighted by atomic mass is 9.54. The fraction of sp³-hybridized carbons (Fsp3) is 0.565. The maximum absolute atomic E-state index is 12.9. The highest BCUT2D eigenvalue weighted by Crippen LogP contribution is 2.53. The van der Waals surface area contributed by atoms with Gasteiger partial charge in [-0.25, -0.2) is 0 Å². The van der Waals surface area contributed by atoms with E-state index in [4.69, 9.17) is 0 Å². The number of nitrogens with one attached hydrogen (secondary N) is 2. The molecule has 0 saturated heterocycles. The van der Waals surface area contributed by atoms with Gasteiger partial charge in [0.1, 0.15) is 5.56 Å². The van der Waals surface area contributed by atoms with Crippen molar-refractivity contribution in [1.29, 1.82) is 0 Å². The number of aromatic nitrogens is 1. The minimum atomic E-state index is -0.284. The molecule has 0 spiro atoms. The molecule has 5 nitrogen and oxygen atoms in total. The number of thiophene rings is 1. The smallest absolute Gasteiger partial charge is 0.261 e. The van der Waals surface area contributed by atoms with Crippen molar-refractivity contribution in [2.24, 2.45) is 23.7 Å². The van der Waals surface area contributed by atoms with Crippen molar-refractivity contribution in [2.75, 3.05) is 7.05 Å². The molecule has 29 heavy (non-hydrogen) atoms. The SMILES string of the molecule is CN(Cc1ccc(C(=O)NC2C3CC4CC(C3)CC2C4)c(=O)[nH]1)Cc1cccs1. The van der Waals surface area contributed by atoms with Crippen LogP contribution in [0.5, 0.6) is 0 Å². The molecule has 154 valence electrons. The molecule has 4 fully saturated rings. The molecule has 4 aliphatic rings. The highest BCUT2D eigenvalue weighted by atomic mass is 32.1. The van der Waals surface area contributed by atoms with E-state index in [-0.39, 0.29) is 23.1 Å². The second-order valence-electron chi connectivity index (χ2n) is 9.41. The molecule has 0 unspecified atom stereocenters. The summed E-state index contributed by atoms with van der Waals surface area (Å²) in [6.07, 6.45) is 6.41. The van der Waals surface area contributed by atoms with E-state index in [1.165, 1.54) is 37.0 Å². The lowest BCUT2D eigenvalue weighted by Crippen LogP contribution is -2.56. The minimum Gasteiger partial charge on any atom is -0.349 e. The molecule has 0 radical (unpaired) electrons. The molecule has 0 aliphatic heterocycles. The average Bonchev–Trinajstić information content (AvgIpc) is 3.17. The van der Waals surface area contributed by atoms with Crippen LogP contribution < -0.4 is 10.9 Å². The summed E-state index contributed by atoms with van der Waals surface area (Å²) in [5, 5.41) is 5.31. The summed E-state index contributed by atoms with van der Waals surface area (Å²) in [6, 6.07) is 7.98. The molecule has 4 saturated carbocycles. The lowest BCUT2D eigenvalue weighted by Gasteiger charge is -2.54. The van der Waals surface area contributed by atoms with E-state index in [1.54, 1.807) is 17.4 Å². The van der Waals surface area contributed by atoms with Crippen molar-refractivity contribution < 1.29 is 4.79 Å². The van der Waals surface area contributed by atoms with Gasteiger partial charge in [0.15, 0.2) is 0 Å². The Morgan fingerprint density at radius 1 is 1.10 bits per heavy atom. The monoisotopic (exact) mass is 411 g/mol. The Bertz CT molecular complexity index is 908. The molecule has 4 aliphatic carbocycles. The summed E-state index contributed by atoms with van der Waals surface area (Å²) in [7, 11) is 2.03. The number of pyridine rings is 1. The van der Waals surface area contributed by atoms with Crippen LogP contribution in [0.3, 0.4) is 0 Å². The molecular formula is C23H29N3O2S. The fourth-order valence-electron chi connectivity index (χ4n) is 6.19. The summed E-state index contributed by atoms with van der Waals surface area (Å²) in [6.45, 7) is 1.49. The molecule has 0 aromatic carbocycles. The molecule has 2 heterocycles. The summed E-state index contributed by atoms with van der Waals surface area (Å²) < 4.78 is 0. The summed E-state index contributed by atoms with van der Waals surface area (Å²) >= 11 is 1.73. The van der Waals surface area contributed by atoms with Crippen LogP contribution >= 0.6 is 11.3 Å². The fourth-order valence-corrected chi connectivity index (χ4v) is 6.97. The third-order valence-electron chi connectivity index (χ3n) is 7.19. The van der Waals surface area contributed by atoms with Crippen LogP contribution in [0.25, 0.3) is 0 Å². The van der Waals surface area contributed by atoms with Crippen molar-refractivity contribution >= 4 is 17.2 Å². The van der Waals surface area contributed by atoms with Gasteiger partial charge in [-0.3, -0.25) is 14.5 Å². The van der Waals surface area contributed by atoms with E-state index in [0.29, 0.717) is 18.4 Å². The van der Waals surface area contributed by atoms with Crippen molar-refractivity contribution in [2.45, 2.75) is 51.2 Å². The number of rotatable bonds is 6. The highest BCUT2D eigenvalue weighted by Gasteiger charge is 2.48. The Labute approximate surface area is 175 Å². The van der Waals surface area contributed by atoms with E-state index in [2.05, 4.69) is 26.6 Å². The van der Waals surface area contributed by atoms with Crippen LogP contribution in [-0.4, -0.2) is 28.9 Å². The number of carbonyl (C=O) groups is 1. The molecule has 2 aromatic rings. The standard InChI is InChI=1S/C23H29N3O2S/c1-26(13-19-3-2-6-29-19)12-18-4-5-20(22(27)24-18)23(28)25-21-16-8-14-7-15(10-16)11-17(21)9-14/h2-6,14-17,21H,7-13H2,1H3,(H,24,27)(H,25,28). The number of H-pyrrole nitrogens is 1. The third kappa shape index (κ3) is 3.92. The van der Waals surface area contributed by atoms with Crippen molar-refractivity contribution in [3.8, 4) is 0 Å². The minimum absolute atomic E-state index is 0.206. The van der Waals surface area contributed by atoms with E-state index in [0.717, 1.165) is 24.1 Å². The zero-order valence-corrected chi connectivity index (χ0v) is 17.7. The zero-order chi connectivity index (χ0) is 20.0. The zero-order valence-electron chi connectivity index (χ0n) is 16.9. The quantitative estimate of drug-likeness (QED) is 0.763. The molecule has 6 rings (SSSR count). The number of aromatic amines is 1. The first-order valence-electron chi connectivity index (χ1n) is 10.8. The van der Waals surface area contributed by atoms with E-state index in [1.807, 2.05) is 19.2 Å². The van der Waals surface area contributed by atoms with Crippen LogP contribution in [-0.2, 0) is 13.1 Å². The average molecular weight is 412 g/mol. The van der Waals surface area contributed by atoms with Gasteiger partial charge in [-0.1, -0.05) is 6.07 Å². The first kappa shape index (κ1) is 19.1. The van der Waals surface area contributed by atoms with Crippen LogP contribution in [0.15, 0.2) is 34.4 Å². The normalized spacial score (nSPS) is 30.1. The van der Waals surface area contributed by atoms with Crippen molar-refractivity contribution in [3.05, 3.63) is 56.1 Å². The molecule has 1 amide bonds. The number of hydrogen-bond donors (Lipinski definition) is 2. The van der Waals surface area contributed by atoms with Gasteiger partial charge in [-0.15, -0.1) is 11.3 Å². The Hall–Kier alpha value is -1.92. The number of hydrogen-bond acceptors (Lipinski definition) is 4. The Balaban J connectivity index is 1.23. The highest BCUT2D eigenvalue weighted by molar-refractivity contribution is 7.09. The number of nitrogens with zero attached hydrogens (tertiary/aromatic N) is 1. The van der Waals surface area contributed by atoms with Gasteiger partial charge in [0.25, 0.3) is 11.5 Å². The first-order valence-corrected chi connectivity index (χ1v) is 11.7.